The lowest BCUT2D eigenvalue weighted by Gasteiger charge is -2.20. The van der Waals surface area contributed by atoms with E-state index in [0.29, 0.717) is 22.7 Å². The van der Waals surface area contributed by atoms with Crippen molar-refractivity contribution in [1.29, 1.82) is 0 Å². The normalized spacial score (nSPS) is 11.7. The topological polar surface area (TPSA) is 41.0 Å². The predicted octanol–water partition coefficient (Wildman–Crippen LogP) is 3.18. The van der Waals surface area contributed by atoms with Crippen LogP contribution in [0.1, 0.15) is 26.7 Å². The number of hydrogen-bond donors (Lipinski definition) is 1. The Morgan fingerprint density at radius 1 is 1.29 bits per heavy atom. The van der Waals surface area contributed by atoms with E-state index in [1.165, 1.54) is 0 Å². The number of nitrogens with zero attached hydrogens (tertiary/aromatic N) is 2. The minimum atomic E-state index is 0.00608. The summed E-state index contributed by atoms with van der Waals surface area (Å²) in [5, 5.41) is 0.699. The molecule has 1 heterocycles. The fourth-order valence-corrected chi connectivity index (χ4v) is 2.58. The van der Waals surface area contributed by atoms with E-state index in [2.05, 4.69) is 30.8 Å². The van der Waals surface area contributed by atoms with Crippen molar-refractivity contribution in [2.45, 2.75) is 39.3 Å². The van der Waals surface area contributed by atoms with Crippen LogP contribution in [0.2, 0.25) is 0 Å². The summed E-state index contributed by atoms with van der Waals surface area (Å²) in [6.45, 7) is 6.08. The van der Waals surface area contributed by atoms with E-state index in [0.717, 1.165) is 24.9 Å². The summed E-state index contributed by atoms with van der Waals surface area (Å²) in [5.41, 5.74) is 0.815. The Kier molecular flexibility index (Phi) is 5.31. The average molecular weight is 305 g/mol. The molecule has 1 aromatic carbocycles. The SMILES string of the molecule is CC(C)N(C)CCCCn1c(=S)[nH]c2ccccc2c1=O. The van der Waals surface area contributed by atoms with Crippen LogP contribution in [0, 0.1) is 4.77 Å². The first-order valence-electron chi connectivity index (χ1n) is 7.43. The molecule has 0 saturated heterocycles. The standard InChI is InChI=1S/C16H23N3OS/c1-12(2)18(3)10-6-7-11-19-15(20)13-8-4-5-9-14(13)17-16(19)21/h4-5,8-9,12H,6-7,10-11H2,1-3H3,(H,17,21). The van der Waals surface area contributed by atoms with Gasteiger partial charge in [-0.25, -0.2) is 0 Å². The number of aromatic nitrogens is 2. The van der Waals surface area contributed by atoms with Gasteiger partial charge in [0.1, 0.15) is 0 Å². The second-order valence-electron chi connectivity index (χ2n) is 5.71. The Bertz CT molecular complexity index is 717. The Morgan fingerprint density at radius 3 is 2.71 bits per heavy atom. The quantitative estimate of drug-likeness (QED) is 0.658. The maximum atomic E-state index is 12.5. The Morgan fingerprint density at radius 2 is 2.00 bits per heavy atom. The Hall–Kier alpha value is -1.46. The summed E-state index contributed by atoms with van der Waals surface area (Å²) >= 11 is 5.31. The highest BCUT2D eigenvalue weighted by Gasteiger charge is 2.06. The van der Waals surface area contributed by atoms with Crippen LogP contribution in [-0.2, 0) is 6.54 Å². The molecular weight excluding hydrogens is 282 g/mol. The van der Waals surface area contributed by atoms with Crippen molar-refractivity contribution in [3.05, 3.63) is 39.4 Å². The molecular formula is C16H23N3OS. The van der Waals surface area contributed by atoms with E-state index in [-0.39, 0.29) is 5.56 Å². The summed E-state index contributed by atoms with van der Waals surface area (Å²) in [7, 11) is 2.12. The lowest BCUT2D eigenvalue weighted by molar-refractivity contribution is 0.266. The van der Waals surface area contributed by atoms with E-state index in [1.807, 2.05) is 24.3 Å². The van der Waals surface area contributed by atoms with Gasteiger partial charge in [-0.3, -0.25) is 9.36 Å². The molecule has 2 aromatic rings. The number of benzene rings is 1. The average Bonchev–Trinajstić information content (AvgIpc) is 2.45. The maximum Gasteiger partial charge on any atom is 0.262 e. The van der Waals surface area contributed by atoms with E-state index in [9.17, 15) is 4.79 Å². The van der Waals surface area contributed by atoms with Crippen molar-refractivity contribution in [2.75, 3.05) is 13.6 Å². The van der Waals surface area contributed by atoms with Gasteiger partial charge in [0, 0.05) is 12.6 Å². The molecule has 0 aliphatic rings. The third kappa shape index (κ3) is 3.80. The zero-order valence-electron chi connectivity index (χ0n) is 12.9. The number of unbranched alkanes of at least 4 members (excludes halogenated alkanes) is 1. The molecule has 0 saturated carbocycles. The van der Waals surface area contributed by atoms with Crippen LogP contribution >= 0.6 is 12.2 Å². The molecule has 0 bridgehead atoms. The summed E-state index contributed by atoms with van der Waals surface area (Å²) in [5.74, 6) is 0. The number of H-pyrrole nitrogens is 1. The van der Waals surface area contributed by atoms with Crippen molar-refractivity contribution in [1.82, 2.24) is 14.5 Å². The highest BCUT2D eigenvalue weighted by Crippen LogP contribution is 2.07. The summed E-state index contributed by atoms with van der Waals surface area (Å²) in [6.07, 6.45) is 2.01. The van der Waals surface area contributed by atoms with Gasteiger partial charge in [0.2, 0.25) is 0 Å². The minimum Gasteiger partial charge on any atom is -0.332 e. The highest BCUT2D eigenvalue weighted by atomic mass is 32.1. The van der Waals surface area contributed by atoms with Gasteiger partial charge in [-0.1, -0.05) is 12.1 Å². The molecule has 1 aromatic heterocycles. The third-order valence-corrected chi connectivity index (χ3v) is 4.24. The third-order valence-electron chi connectivity index (χ3n) is 3.91. The van der Waals surface area contributed by atoms with Gasteiger partial charge in [-0.2, -0.15) is 0 Å². The van der Waals surface area contributed by atoms with Gasteiger partial charge in [0.25, 0.3) is 5.56 Å². The first kappa shape index (κ1) is 15.9. The molecule has 0 aliphatic heterocycles. The molecule has 0 radical (unpaired) electrons. The van der Waals surface area contributed by atoms with E-state index >= 15 is 0 Å². The van der Waals surface area contributed by atoms with E-state index in [1.54, 1.807) is 4.57 Å². The van der Waals surface area contributed by atoms with Crippen molar-refractivity contribution in [2.24, 2.45) is 0 Å². The monoisotopic (exact) mass is 305 g/mol. The van der Waals surface area contributed by atoms with Crippen molar-refractivity contribution in [3.8, 4) is 0 Å². The van der Waals surface area contributed by atoms with Crippen LogP contribution < -0.4 is 5.56 Å². The molecule has 0 unspecified atom stereocenters. The molecule has 1 N–H and O–H groups in total. The zero-order valence-corrected chi connectivity index (χ0v) is 13.7. The van der Waals surface area contributed by atoms with Gasteiger partial charge >= 0.3 is 0 Å². The van der Waals surface area contributed by atoms with Crippen LogP contribution in [0.5, 0.6) is 0 Å². The fraction of sp³-hybridized carbons (Fsp3) is 0.500. The maximum absolute atomic E-state index is 12.5. The number of rotatable bonds is 6. The molecule has 0 spiro atoms. The molecule has 21 heavy (non-hydrogen) atoms. The predicted molar refractivity (Wildman–Crippen MR) is 90.4 cm³/mol. The second kappa shape index (κ2) is 7.00. The first-order valence-corrected chi connectivity index (χ1v) is 7.83. The second-order valence-corrected chi connectivity index (χ2v) is 6.10. The fourth-order valence-electron chi connectivity index (χ4n) is 2.29. The lowest BCUT2D eigenvalue weighted by atomic mass is 10.2. The molecule has 114 valence electrons. The molecule has 4 nitrogen and oxygen atoms in total. The molecule has 0 atom stereocenters. The largest absolute Gasteiger partial charge is 0.332 e. The van der Waals surface area contributed by atoms with Crippen molar-refractivity contribution >= 4 is 23.1 Å². The zero-order chi connectivity index (χ0) is 15.4. The Labute approximate surface area is 130 Å². The molecule has 2 rings (SSSR count). The summed E-state index contributed by atoms with van der Waals surface area (Å²) in [4.78, 5) is 17.9. The van der Waals surface area contributed by atoms with Gasteiger partial charge < -0.3 is 9.88 Å². The van der Waals surface area contributed by atoms with Gasteiger partial charge in [0.05, 0.1) is 10.9 Å². The number of nitrogens with one attached hydrogen (secondary N) is 1. The van der Waals surface area contributed by atoms with Gasteiger partial charge in [0.15, 0.2) is 4.77 Å². The number of hydrogen-bond acceptors (Lipinski definition) is 3. The molecule has 5 heteroatoms. The van der Waals surface area contributed by atoms with Crippen LogP contribution in [0.15, 0.2) is 29.1 Å². The molecule has 0 aliphatic carbocycles. The van der Waals surface area contributed by atoms with Crippen LogP contribution in [-0.4, -0.2) is 34.1 Å². The van der Waals surface area contributed by atoms with Crippen molar-refractivity contribution in [3.63, 3.8) is 0 Å². The number of fused-ring (bicyclic) bond motifs is 1. The Balaban J connectivity index is 2.09. The minimum absolute atomic E-state index is 0.00608. The molecule has 0 fully saturated rings. The van der Waals surface area contributed by atoms with E-state index in [4.69, 9.17) is 12.2 Å². The van der Waals surface area contributed by atoms with Crippen LogP contribution in [0.3, 0.4) is 0 Å². The number of para-hydroxylation sites is 1. The van der Waals surface area contributed by atoms with Crippen molar-refractivity contribution < 1.29 is 0 Å². The van der Waals surface area contributed by atoms with Gasteiger partial charge in [-0.05, 0) is 64.6 Å². The smallest absolute Gasteiger partial charge is 0.262 e. The van der Waals surface area contributed by atoms with Gasteiger partial charge in [-0.15, -0.1) is 0 Å². The highest BCUT2D eigenvalue weighted by molar-refractivity contribution is 7.71. The molecule has 0 amide bonds. The number of aromatic amines is 1. The lowest BCUT2D eigenvalue weighted by Crippen LogP contribution is -2.28. The summed E-state index contributed by atoms with van der Waals surface area (Å²) < 4.78 is 2.18. The van der Waals surface area contributed by atoms with E-state index < -0.39 is 0 Å². The van der Waals surface area contributed by atoms with Crippen LogP contribution in [0.25, 0.3) is 10.9 Å². The van der Waals surface area contributed by atoms with Crippen LogP contribution in [0.4, 0.5) is 0 Å². The summed E-state index contributed by atoms with van der Waals surface area (Å²) in [6, 6.07) is 8.05. The first-order chi connectivity index (χ1) is 10.0.